The van der Waals surface area contributed by atoms with Crippen molar-refractivity contribution in [2.75, 3.05) is 13.7 Å². The second kappa shape index (κ2) is 11.7. The molecular formula is C27H28N2O5. The summed E-state index contributed by atoms with van der Waals surface area (Å²) in [6, 6.07) is 19.7. The second-order valence-electron chi connectivity index (χ2n) is 7.97. The fourth-order valence-electron chi connectivity index (χ4n) is 3.01. The van der Waals surface area contributed by atoms with Crippen LogP contribution in [-0.4, -0.2) is 31.8 Å². The molecule has 7 heteroatoms. The summed E-state index contributed by atoms with van der Waals surface area (Å²) in [5.41, 5.74) is 5.77. The molecule has 1 amide bonds. The first kappa shape index (κ1) is 24.5. The Hall–Kier alpha value is -4.13. The normalized spacial score (nSPS) is 10.9. The van der Waals surface area contributed by atoms with Crippen LogP contribution in [0.1, 0.15) is 46.8 Å². The van der Waals surface area contributed by atoms with Crippen LogP contribution in [0.3, 0.4) is 0 Å². The first-order valence-corrected chi connectivity index (χ1v) is 10.9. The molecule has 0 heterocycles. The largest absolute Gasteiger partial charge is 0.493 e. The minimum atomic E-state index is -0.481. The monoisotopic (exact) mass is 460 g/mol. The van der Waals surface area contributed by atoms with E-state index in [1.165, 1.54) is 18.9 Å². The van der Waals surface area contributed by atoms with Crippen LogP contribution in [0.5, 0.6) is 17.2 Å². The number of hydrazone groups is 1. The Bertz CT molecular complexity index is 1150. The van der Waals surface area contributed by atoms with Crippen LogP contribution < -0.4 is 19.6 Å². The number of methoxy groups -OCH3 is 1. The van der Waals surface area contributed by atoms with Gasteiger partial charge >= 0.3 is 5.97 Å². The number of carbonyl (C=O) groups is 2. The zero-order chi connectivity index (χ0) is 24.5. The van der Waals surface area contributed by atoms with Crippen LogP contribution in [0.2, 0.25) is 0 Å². The second-order valence-corrected chi connectivity index (χ2v) is 7.97. The minimum absolute atomic E-state index is 0.157. The van der Waals surface area contributed by atoms with Crippen LogP contribution in [0.4, 0.5) is 0 Å². The van der Waals surface area contributed by atoms with Crippen LogP contribution in [0, 0.1) is 6.92 Å². The standard InChI is InChI=1S/C27H28N2O5/c1-18(2)21-10-12-23(13-11-21)33-17-26(30)29-28-16-20-7-14-24(25(15-20)32-4)34-27(31)22-8-5-19(3)6-9-22/h5-16,18H,17H2,1-4H3,(H,29,30). The number of benzene rings is 3. The maximum absolute atomic E-state index is 12.4. The summed E-state index contributed by atoms with van der Waals surface area (Å²) in [4.78, 5) is 24.4. The lowest BCUT2D eigenvalue weighted by molar-refractivity contribution is -0.123. The van der Waals surface area contributed by atoms with Gasteiger partial charge in [-0.05, 0) is 66.4 Å². The van der Waals surface area contributed by atoms with Crippen molar-refractivity contribution in [1.29, 1.82) is 0 Å². The Kier molecular flexibility index (Phi) is 8.40. The number of ether oxygens (including phenoxy) is 3. The van der Waals surface area contributed by atoms with Gasteiger partial charge in [0.25, 0.3) is 5.91 Å². The highest BCUT2D eigenvalue weighted by Gasteiger charge is 2.13. The highest BCUT2D eigenvalue weighted by molar-refractivity contribution is 5.91. The van der Waals surface area contributed by atoms with Gasteiger partial charge in [0, 0.05) is 0 Å². The summed E-state index contributed by atoms with van der Waals surface area (Å²) in [7, 11) is 1.48. The molecule has 0 aromatic heterocycles. The lowest BCUT2D eigenvalue weighted by atomic mass is 10.0. The number of nitrogens with zero attached hydrogens (tertiary/aromatic N) is 1. The molecule has 0 spiro atoms. The number of hydrogen-bond donors (Lipinski definition) is 1. The lowest BCUT2D eigenvalue weighted by Crippen LogP contribution is -2.24. The smallest absolute Gasteiger partial charge is 0.343 e. The van der Waals surface area contributed by atoms with E-state index < -0.39 is 5.97 Å². The molecule has 0 atom stereocenters. The van der Waals surface area contributed by atoms with Crippen molar-refractivity contribution in [3.8, 4) is 17.2 Å². The highest BCUT2D eigenvalue weighted by Crippen LogP contribution is 2.28. The molecule has 0 aliphatic rings. The Morgan fingerprint density at radius 2 is 1.68 bits per heavy atom. The average Bonchev–Trinajstić information content (AvgIpc) is 2.84. The van der Waals surface area contributed by atoms with Gasteiger partial charge in [-0.3, -0.25) is 4.79 Å². The van der Waals surface area contributed by atoms with E-state index in [0.717, 1.165) is 5.56 Å². The fourth-order valence-corrected chi connectivity index (χ4v) is 3.01. The van der Waals surface area contributed by atoms with E-state index in [4.69, 9.17) is 14.2 Å². The third-order valence-corrected chi connectivity index (χ3v) is 5.00. The number of aryl methyl sites for hydroxylation is 1. The maximum Gasteiger partial charge on any atom is 0.343 e. The van der Waals surface area contributed by atoms with Crippen molar-refractivity contribution in [3.63, 3.8) is 0 Å². The van der Waals surface area contributed by atoms with Crippen molar-refractivity contribution in [2.24, 2.45) is 5.10 Å². The summed E-state index contributed by atoms with van der Waals surface area (Å²) in [5.74, 6) is 0.823. The van der Waals surface area contributed by atoms with Crippen molar-refractivity contribution < 1.29 is 23.8 Å². The Morgan fingerprint density at radius 1 is 0.971 bits per heavy atom. The van der Waals surface area contributed by atoms with E-state index in [1.807, 2.05) is 43.3 Å². The van der Waals surface area contributed by atoms with Gasteiger partial charge in [0.1, 0.15) is 5.75 Å². The van der Waals surface area contributed by atoms with E-state index in [9.17, 15) is 9.59 Å². The van der Waals surface area contributed by atoms with E-state index in [-0.39, 0.29) is 18.3 Å². The third kappa shape index (κ3) is 6.93. The summed E-state index contributed by atoms with van der Waals surface area (Å²) in [6.07, 6.45) is 1.46. The molecule has 3 rings (SSSR count). The first-order valence-electron chi connectivity index (χ1n) is 10.9. The quantitative estimate of drug-likeness (QED) is 0.213. The zero-order valence-corrected chi connectivity index (χ0v) is 19.7. The number of amides is 1. The molecule has 0 aliphatic carbocycles. The molecule has 34 heavy (non-hydrogen) atoms. The molecule has 0 aliphatic heterocycles. The Labute approximate surface area is 199 Å². The van der Waals surface area contributed by atoms with Gasteiger partial charge in [-0.15, -0.1) is 0 Å². The Balaban J connectivity index is 1.53. The molecular weight excluding hydrogens is 432 g/mol. The summed E-state index contributed by atoms with van der Waals surface area (Å²) < 4.78 is 16.3. The molecule has 0 radical (unpaired) electrons. The molecule has 0 bridgehead atoms. The van der Waals surface area contributed by atoms with Gasteiger partial charge in [0.05, 0.1) is 18.9 Å². The number of esters is 1. The zero-order valence-electron chi connectivity index (χ0n) is 19.7. The summed E-state index contributed by atoms with van der Waals surface area (Å²) in [6.45, 7) is 6.01. The Morgan fingerprint density at radius 3 is 2.32 bits per heavy atom. The van der Waals surface area contributed by atoms with E-state index in [2.05, 4.69) is 24.4 Å². The molecule has 7 nitrogen and oxygen atoms in total. The summed E-state index contributed by atoms with van der Waals surface area (Å²) in [5, 5.41) is 3.95. The van der Waals surface area contributed by atoms with E-state index in [1.54, 1.807) is 30.3 Å². The predicted octanol–water partition coefficient (Wildman–Crippen LogP) is 4.88. The van der Waals surface area contributed by atoms with Crippen molar-refractivity contribution in [1.82, 2.24) is 5.43 Å². The van der Waals surface area contributed by atoms with Crippen molar-refractivity contribution >= 4 is 18.1 Å². The SMILES string of the molecule is COc1cc(C=NNC(=O)COc2ccc(C(C)C)cc2)ccc1OC(=O)c1ccc(C)cc1. The number of rotatable bonds is 9. The highest BCUT2D eigenvalue weighted by atomic mass is 16.6. The maximum atomic E-state index is 12.4. The fraction of sp³-hybridized carbons (Fsp3) is 0.222. The lowest BCUT2D eigenvalue weighted by Gasteiger charge is -2.10. The minimum Gasteiger partial charge on any atom is -0.493 e. The van der Waals surface area contributed by atoms with Gasteiger partial charge in [0.15, 0.2) is 18.1 Å². The van der Waals surface area contributed by atoms with Gasteiger partial charge in [-0.2, -0.15) is 5.10 Å². The third-order valence-electron chi connectivity index (χ3n) is 5.00. The van der Waals surface area contributed by atoms with Crippen molar-refractivity contribution in [2.45, 2.75) is 26.7 Å². The van der Waals surface area contributed by atoms with Crippen LogP contribution in [0.15, 0.2) is 71.8 Å². The number of nitrogens with one attached hydrogen (secondary N) is 1. The van der Waals surface area contributed by atoms with Crippen LogP contribution >= 0.6 is 0 Å². The predicted molar refractivity (Wildman–Crippen MR) is 131 cm³/mol. The average molecular weight is 461 g/mol. The van der Waals surface area contributed by atoms with Gasteiger partial charge in [0.2, 0.25) is 0 Å². The van der Waals surface area contributed by atoms with E-state index >= 15 is 0 Å². The van der Waals surface area contributed by atoms with Crippen molar-refractivity contribution in [3.05, 3.63) is 89.0 Å². The van der Waals surface area contributed by atoms with Crippen LogP contribution in [0.25, 0.3) is 0 Å². The first-order chi connectivity index (χ1) is 16.4. The molecule has 0 fully saturated rings. The molecule has 176 valence electrons. The number of hydrogen-bond acceptors (Lipinski definition) is 6. The molecule has 0 saturated heterocycles. The molecule has 1 N–H and O–H groups in total. The molecule has 0 unspecified atom stereocenters. The number of carbonyl (C=O) groups excluding carboxylic acids is 2. The molecule has 0 saturated carbocycles. The topological polar surface area (TPSA) is 86.2 Å². The van der Waals surface area contributed by atoms with Gasteiger partial charge < -0.3 is 14.2 Å². The van der Waals surface area contributed by atoms with E-state index in [0.29, 0.717) is 28.5 Å². The van der Waals surface area contributed by atoms with Gasteiger partial charge in [-0.1, -0.05) is 43.7 Å². The van der Waals surface area contributed by atoms with Gasteiger partial charge in [-0.25, -0.2) is 10.2 Å². The van der Waals surface area contributed by atoms with Crippen LogP contribution in [-0.2, 0) is 4.79 Å². The molecule has 3 aromatic rings. The molecule has 3 aromatic carbocycles. The summed E-state index contributed by atoms with van der Waals surface area (Å²) >= 11 is 0.